The fourth-order valence-corrected chi connectivity index (χ4v) is 5.72. The van der Waals surface area contributed by atoms with Gasteiger partial charge in [0.2, 0.25) is 5.72 Å². The van der Waals surface area contributed by atoms with Gasteiger partial charge in [-0.1, -0.05) is 41.2 Å². The number of rotatable bonds is 7. The molecule has 1 aromatic carbocycles. The molecule has 10 heteroatoms. The van der Waals surface area contributed by atoms with Crippen LogP contribution in [0.5, 0.6) is 0 Å². The summed E-state index contributed by atoms with van der Waals surface area (Å²) in [7, 11) is -2.03. The number of nitrogens with zero attached hydrogens (tertiary/aromatic N) is 3. The number of quaternary nitrogens is 1. The maximum absolute atomic E-state index is 12.5. The zero-order valence-corrected chi connectivity index (χ0v) is 19.1. The Bertz CT molecular complexity index is 763. The number of sulfonamides is 1. The zero-order chi connectivity index (χ0) is 18.7. The molecule has 0 amide bonds. The van der Waals surface area contributed by atoms with Crippen LogP contribution in [-0.4, -0.2) is 49.8 Å². The highest BCUT2D eigenvalue weighted by Gasteiger charge is 2.52. The number of hydrogen-bond donors (Lipinski definition) is 1. The third-order valence-corrected chi connectivity index (χ3v) is 7.74. The smallest absolute Gasteiger partial charge is 0.300 e. The quantitative estimate of drug-likeness (QED) is 0.348. The Balaban J connectivity index is 0.00000338. The van der Waals surface area contributed by atoms with Crippen molar-refractivity contribution in [2.75, 3.05) is 31.8 Å². The summed E-state index contributed by atoms with van der Waals surface area (Å²) in [6.45, 7) is 5.09. The van der Waals surface area contributed by atoms with Gasteiger partial charge >= 0.3 is 10.0 Å². The number of hydrogen-bond acceptors (Lipinski definition) is 5. The third-order valence-electron chi connectivity index (χ3n) is 4.72. The largest absolute Gasteiger partial charge is 1.00 e. The van der Waals surface area contributed by atoms with Crippen molar-refractivity contribution in [3.63, 3.8) is 0 Å². The van der Waals surface area contributed by atoms with Gasteiger partial charge in [0.05, 0.1) is 30.9 Å². The Morgan fingerprint density at radius 1 is 1.38 bits per heavy atom. The molecule has 1 N–H and O–H groups in total. The molecule has 2 unspecified atom stereocenters. The van der Waals surface area contributed by atoms with Gasteiger partial charge in [0.1, 0.15) is 10.8 Å². The van der Waals surface area contributed by atoms with Crippen molar-refractivity contribution in [2.45, 2.75) is 37.3 Å². The van der Waals surface area contributed by atoms with Crippen molar-refractivity contribution >= 4 is 33.4 Å². The van der Waals surface area contributed by atoms with E-state index in [2.05, 4.69) is 9.63 Å². The fraction of sp³-hybridized carbons (Fsp3) is 0.625. The molecule has 1 aliphatic heterocycles. The van der Waals surface area contributed by atoms with Crippen LogP contribution in [-0.2, 0) is 15.7 Å². The second-order valence-corrected chi connectivity index (χ2v) is 9.34. The monoisotopic (exact) mass is 485 g/mol. The van der Waals surface area contributed by atoms with Crippen LogP contribution in [0.4, 0.5) is 0 Å². The first-order valence-electron chi connectivity index (χ1n) is 8.29. The van der Waals surface area contributed by atoms with Crippen LogP contribution in [0.3, 0.4) is 0 Å². The number of unbranched alkanes of at least 4 members (excludes halogenated alkanes) is 1. The van der Waals surface area contributed by atoms with Crippen LogP contribution in [0.25, 0.3) is 0 Å². The predicted octanol–water partition coefficient (Wildman–Crippen LogP) is 0.601. The maximum Gasteiger partial charge on any atom is 0.300 e. The Labute approximate surface area is 175 Å². The summed E-state index contributed by atoms with van der Waals surface area (Å²) in [5, 5.41) is 15.1. The van der Waals surface area contributed by atoms with E-state index in [1.165, 1.54) is 12.1 Å². The van der Waals surface area contributed by atoms with E-state index < -0.39 is 15.7 Å². The van der Waals surface area contributed by atoms with Crippen LogP contribution < -0.4 is 17.0 Å². The van der Waals surface area contributed by atoms with Crippen molar-refractivity contribution in [3.05, 3.63) is 28.8 Å². The highest BCUT2D eigenvalue weighted by atomic mass is 79.9. The second kappa shape index (κ2) is 9.34. The molecule has 1 aliphatic rings. The number of halogens is 2. The van der Waals surface area contributed by atoms with Crippen LogP contribution in [0.2, 0.25) is 5.02 Å². The Kier molecular flexibility index (Phi) is 8.57. The lowest BCUT2D eigenvalue weighted by Gasteiger charge is -2.41. The summed E-state index contributed by atoms with van der Waals surface area (Å²) < 4.78 is 28.9. The molecular weight excluding hydrogens is 462 g/mol. The lowest BCUT2D eigenvalue weighted by Crippen LogP contribution is -3.00. The number of thioether (sulfide) groups is 1. The van der Waals surface area contributed by atoms with Crippen LogP contribution in [0.15, 0.2) is 32.7 Å². The van der Waals surface area contributed by atoms with E-state index in [1.807, 2.05) is 20.9 Å². The van der Waals surface area contributed by atoms with Crippen LogP contribution in [0, 0.1) is 0 Å². The highest BCUT2D eigenvalue weighted by molar-refractivity contribution is 7.99. The van der Waals surface area contributed by atoms with Crippen molar-refractivity contribution in [1.29, 1.82) is 0 Å². The summed E-state index contributed by atoms with van der Waals surface area (Å²) in [6.07, 6.45) is 1.68. The SMILES string of the molecule is CCCCN=NS(=O)(=O)c1cc(C2(O)CSC[N+]2(C)CC)ccc1Cl.[Br-]. The van der Waals surface area contributed by atoms with E-state index in [1.54, 1.807) is 17.8 Å². The predicted molar refractivity (Wildman–Crippen MR) is 101 cm³/mol. The van der Waals surface area contributed by atoms with Gasteiger partial charge in [-0.05, 0) is 31.5 Å². The van der Waals surface area contributed by atoms with Gasteiger partial charge in [0.25, 0.3) is 0 Å². The van der Waals surface area contributed by atoms with E-state index in [4.69, 9.17) is 11.6 Å². The lowest BCUT2D eigenvalue weighted by molar-refractivity contribution is -0.972. The summed E-state index contributed by atoms with van der Waals surface area (Å²) in [5.41, 5.74) is -0.623. The molecule has 0 bridgehead atoms. The molecule has 1 saturated heterocycles. The second-order valence-electron chi connectivity index (χ2n) is 6.43. The summed E-state index contributed by atoms with van der Waals surface area (Å²) in [4.78, 5) is -0.111. The average Bonchev–Trinajstić information content (AvgIpc) is 2.88. The van der Waals surface area contributed by atoms with E-state index in [9.17, 15) is 13.5 Å². The van der Waals surface area contributed by atoms with E-state index in [-0.39, 0.29) is 26.9 Å². The van der Waals surface area contributed by atoms with Gasteiger partial charge in [-0.3, -0.25) is 4.48 Å². The van der Waals surface area contributed by atoms with Crippen LogP contribution >= 0.6 is 23.4 Å². The molecule has 1 aromatic rings. The normalized spacial score (nSPS) is 26.2. The van der Waals surface area contributed by atoms with E-state index in [0.29, 0.717) is 22.3 Å². The Morgan fingerprint density at radius 3 is 2.69 bits per heavy atom. The number of aliphatic hydroxyl groups is 1. The summed E-state index contributed by atoms with van der Waals surface area (Å²) in [5.74, 6) is 1.25. The molecular formula is C16H25BrClN3O3S2. The molecule has 6 nitrogen and oxygen atoms in total. The minimum atomic E-state index is -3.99. The highest BCUT2D eigenvalue weighted by Crippen LogP contribution is 2.43. The molecule has 2 rings (SSSR count). The first-order chi connectivity index (χ1) is 11.7. The third kappa shape index (κ3) is 4.62. The van der Waals surface area contributed by atoms with Gasteiger partial charge in [-0.2, -0.15) is 13.5 Å². The van der Waals surface area contributed by atoms with E-state index in [0.717, 1.165) is 25.3 Å². The van der Waals surface area contributed by atoms with Crippen molar-refractivity contribution in [2.24, 2.45) is 9.63 Å². The topological polar surface area (TPSA) is 79.1 Å². The minimum absolute atomic E-state index is 0. The maximum atomic E-state index is 12.5. The molecule has 0 aliphatic carbocycles. The standard InChI is InChI=1S/C16H25ClN3O3S2.BrH/c1-4-6-9-18-19-25(22,23)15-10-13(7-8-14(15)17)16(21)11-24-12-20(16,3)5-2;/h7-8,10,21H,4-6,9,11-12H2,1-3H3;1H/q+1;/p-1. The molecule has 1 heterocycles. The van der Waals surface area contributed by atoms with Gasteiger partial charge in [0, 0.05) is 5.56 Å². The summed E-state index contributed by atoms with van der Waals surface area (Å²) >= 11 is 7.75. The van der Waals surface area contributed by atoms with Gasteiger partial charge in [-0.25, -0.2) is 0 Å². The van der Waals surface area contributed by atoms with E-state index >= 15 is 0 Å². The minimum Gasteiger partial charge on any atom is -1.00 e. The molecule has 0 spiro atoms. The molecule has 0 saturated carbocycles. The molecule has 148 valence electrons. The van der Waals surface area contributed by atoms with Crippen LogP contribution in [0.1, 0.15) is 32.3 Å². The molecule has 2 atom stereocenters. The Hall–Kier alpha value is -0.190. The molecule has 26 heavy (non-hydrogen) atoms. The first kappa shape index (κ1) is 23.8. The van der Waals surface area contributed by atoms with Crippen molar-refractivity contribution < 1.29 is 35.0 Å². The first-order valence-corrected chi connectivity index (χ1v) is 11.3. The average molecular weight is 487 g/mol. The van der Waals surface area contributed by atoms with Crippen molar-refractivity contribution in [1.82, 2.24) is 0 Å². The zero-order valence-electron chi connectivity index (χ0n) is 15.2. The molecule has 0 radical (unpaired) electrons. The number of benzene rings is 1. The van der Waals surface area contributed by atoms with Gasteiger partial charge < -0.3 is 22.1 Å². The summed E-state index contributed by atoms with van der Waals surface area (Å²) in [6, 6.07) is 4.63. The Morgan fingerprint density at radius 2 is 2.08 bits per heavy atom. The molecule has 0 aromatic heterocycles. The lowest BCUT2D eigenvalue weighted by atomic mass is 10.0. The van der Waals surface area contributed by atoms with Crippen molar-refractivity contribution in [3.8, 4) is 0 Å². The van der Waals surface area contributed by atoms with Gasteiger partial charge in [-0.15, -0.1) is 0 Å². The molecule has 1 fully saturated rings. The fourth-order valence-electron chi connectivity index (χ4n) is 2.74. The van der Waals surface area contributed by atoms with Gasteiger partial charge in [0.15, 0.2) is 0 Å².